The van der Waals surface area contributed by atoms with E-state index in [1.807, 2.05) is 24.3 Å². The van der Waals surface area contributed by atoms with Crippen molar-refractivity contribution in [3.63, 3.8) is 0 Å². The first-order chi connectivity index (χ1) is 14.6. The quantitative estimate of drug-likeness (QED) is 0.568. The van der Waals surface area contributed by atoms with Crippen LogP contribution in [0.1, 0.15) is 53.2 Å². The summed E-state index contributed by atoms with van der Waals surface area (Å²) >= 11 is 0. The van der Waals surface area contributed by atoms with Gasteiger partial charge in [-0.2, -0.15) is 13.2 Å². The zero-order chi connectivity index (χ0) is 22.4. The third-order valence-corrected chi connectivity index (χ3v) is 5.99. The topological polar surface area (TPSA) is 72.5 Å². The monoisotopic (exact) mass is 431 g/mol. The number of Topliss-reactive ketones (excluding diaryl/α,β-unsaturated/α-hetero) is 2. The van der Waals surface area contributed by atoms with E-state index in [9.17, 15) is 27.6 Å². The molecule has 1 amide bonds. The van der Waals surface area contributed by atoms with Crippen molar-refractivity contribution >= 4 is 23.2 Å². The van der Waals surface area contributed by atoms with Gasteiger partial charge in [-0.25, -0.2) is 0 Å². The molecule has 1 heterocycles. The molecule has 1 spiro atoms. The minimum Gasteiger partial charge on any atom is -0.365 e. The highest BCUT2D eigenvalue weighted by molar-refractivity contribution is 6.08. The number of alkyl halides is 3. The Labute approximate surface area is 176 Å². The molecule has 5 nitrogen and oxygen atoms in total. The lowest BCUT2D eigenvalue weighted by Crippen LogP contribution is -2.41. The van der Waals surface area contributed by atoms with Gasteiger partial charge in [-0.15, -0.1) is 0 Å². The van der Waals surface area contributed by atoms with Gasteiger partial charge in [-0.05, 0) is 49.1 Å². The number of hydrogen-bond acceptors (Lipinski definition) is 4. The number of fused-ring (bicyclic) bond motifs is 2. The van der Waals surface area contributed by atoms with Crippen molar-refractivity contribution in [2.45, 2.75) is 44.6 Å². The standard InChI is InChI=1S/C23H20F3NO4/c1-13(28)16-7-6-15(10-19(16)23(24,25)26)27-21(30)17-8-9-22(11-20(17)29)18-5-3-2-4-14(18)12-31-22/h2-7,10,17H,8-9,11-12H2,1H3,(H,27,30)/t17-,22-/m1/s1. The number of rotatable bonds is 3. The largest absolute Gasteiger partial charge is 0.417 e. The Morgan fingerprint density at radius 3 is 2.58 bits per heavy atom. The summed E-state index contributed by atoms with van der Waals surface area (Å²) in [6.45, 7) is 1.45. The van der Waals surface area contributed by atoms with Gasteiger partial charge in [-0.1, -0.05) is 24.3 Å². The SMILES string of the molecule is CC(=O)c1ccc(NC(=O)[C@@H]2CC[C@]3(CC2=O)OCc2ccccc23)cc1C(F)(F)F. The first-order valence-electron chi connectivity index (χ1n) is 9.89. The Morgan fingerprint density at radius 1 is 1.16 bits per heavy atom. The van der Waals surface area contributed by atoms with Crippen LogP contribution in [0, 0.1) is 5.92 Å². The first-order valence-corrected chi connectivity index (χ1v) is 9.89. The number of ketones is 2. The van der Waals surface area contributed by atoms with Gasteiger partial charge < -0.3 is 10.1 Å². The normalized spacial score (nSPS) is 23.0. The van der Waals surface area contributed by atoms with Crippen LogP contribution in [0.5, 0.6) is 0 Å². The summed E-state index contributed by atoms with van der Waals surface area (Å²) < 4.78 is 45.8. The lowest BCUT2D eigenvalue weighted by Gasteiger charge is -2.35. The van der Waals surface area contributed by atoms with Crippen LogP contribution in [0.4, 0.5) is 18.9 Å². The molecular formula is C23H20F3NO4. The van der Waals surface area contributed by atoms with Crippen LogP contribution in [-0.2, 0) is 32.7 Å². The van der Waals surface area contributed by atoms with E-state index in [4.69, 9.17) is 4.74 Å². The van der Waals surface area contributed by atoms with E-state index < -0.39 is 40.5 Å². The number of carbonyl (C=O) groups excluding carboxylic acids is 3. The highest BCUT2D eigenvalue weighted by atomic mass is 19.4. The molecule has 0 bridgehead atoms. The molecule has 8 heteroatoms. The number of anilines is 1. The zero-order valence-electron chi connectivity index (χ0n) is 16.7. The number of hydrogen-bond donors (Lipinski definition) is 1. The van der Waals surface area contributed by atoms with Crippen LogP contribution in [0.15, 0.2) is 42.5 Å². The Kier molecular flexibility index (Phi) is 5.21. The fraction of sp³-hybridized carbons (Fsp3) is 0.348. The van der Waals surface area contributed by atoms with Crippen LogP contribution < -0.4 is 5.32 Å². The van der Waals surface area contributed by atoms with Crippen molar-refractivity contribution in [2.75, 3.05) is 5.32 Å². The summed E-state index contributed by atoms with van der Waals surface area (Å²) in [5.41, 5.74) is -0.476. The molecule has 1 aliphatic heterocycles. The third kappa shape index (κ3) is 3.87. The number of benzene rings is 2. The van der Waals surface area contributed by atoms with E-state index in [0.29, 0.717) is 13.0 Å². The Hall–Kier alpha value is -3.00. The van der Waals surface area contributed by atoms with Crippen LogP contribution >= 0.6 is 0 Å². The van der Waals surface area contributed by atoms with Gasteiger partial charge >= 0.3 is 6.18 Å². The van der Waals surface area contributed by atoms with E-state index in [2.05, 4.69) is 5.32 Å². The molecule has 0 saturated heterocycles. The van der Waals surface area contributed by atoms with Gasteiger partial charge in [0.05, 0.1) is 18.1 Å². The van der Waals surface area contributed by atoms with Crippen LogP contribution in [0.25, 0.3) is 0 Å². The van der Waals surface area contributed by atoms with Crippen LogP contribution in [0.2, 0.25) is 0 Å². The summed E-state index contributed by atoms with van der Waals surface area (Å²) in [5.74, 6) is -2.66. The van der Waals surface area contributed by atoms with E-state index in [0.717, 1.165) is 30.2 Å². The first kappa shape index (κ1) is 21.2. The molecule has 4 rings (SSSR count). The second kappa shape index (κ2) is 7.60. The minimum atomic E-state index is -4.75. The number of nitrogens with one attached hydrogen (secondary N) is 1. The summed E-state index contributed by atoms with van der Waals surface area (Å²) in [4.78, 5) is 37.0. The average Bonchev–Trinajstić information content (AvgIpc) is 3.05. The van der Waals surface area contributed by atoms with Gasteiger partial charge in [0, 0.05) is 17.7 Å². The molecule has 2 atom stereocenters. The molecule has 162 valence electrons. The lowest BCUT2D eigenvalue weighted by atomic mass is 9.74. The Bertz CT molecular complexity index is 1080. The maximum Gasteiger partial charge on any atom is 0.417 e. The van der Waals surface area contributed by atoms with Gasteiger partial charge in [0.2, 0.25) is 5.91 Å². The molecule has 0 radical (unpaired) electrons. The highest BCUT2D eigenvalue weighted by Gasteiger charge is 2.48. The summed E-state index contributed by atoms with van der Waals surface area (Å²) in [7, 11) is 0. The average molecular weight is 431 g/mol. The van der Waals surface area contributed by atoms with Gasteiger partial charge in [-0.3, -0.25) is 14.4 Å². The maximum atomic E-state index is 13.3. The predicted molar refractivity (Wildman–Crippen MR) is 105 cm³/mol. The van der Waals surface area contributed by atoms with E-state index in [1.165, 1.54) is 6.07 Å². The van der Waals surface area contributed by atoms with E-state index in [1.54, 1.807) is 0 Å². The maximum absolute atomic E-state index is 13.3. The molecule has 0 aromatic heterocycles. The second-order valence-electron chi connectivity index (χ2n) is 7.98. The molecule has 1 saturated carbocycles. The fourth-order valence-electron chi connectivity index (χ4n) is 4.44. The molecular weight excluding hydrogens is 411 g/mol. The lowest BCUT2D eigenvalue weighted by molar-refractivity contribution is -0.144. The Morgan fingerprint density at radius 2 is 1.90 bits per heavy atom. The fourth-order valence-corrected chi connectivity index (χ4v) is 4.44. The van der Waals surface area contributed by atoms with E-state index >= 15 is 0 Å². The number of amides is 1. The Balaban J connectivity index is 1.51. The van der Waals surface area contributed by atoms with Crippen molar-refractivity contribution < 1.29 is 32.3 Å². The van der Waals surface area contributed by atoms with Gasteiger partial charge in [0.25, 0.3) is 0 Å². The smallest absolute Gasteiger partial charge is 0.365 e. The molecule has 31 heavy (non-hydrogen) atoms. The van der Waals surface area contributed by atoms with Crippen molar-refractivity contribution in [3.05, 3.63) is 64.7 Å². The molecule has 1 N–H and O–H groups in total. The summed E-state index contributed by atoms with van der Waals surface area (Å²) in [6.07, 6.45) is -4.01. The van der Waals surface area contributed by atoms with Crippen LogP contribution in [0.3, 0.4) is 0 Å². The zero-order valence-corrected chi connectivity index (χ0v) is 16.7. The van der Waals surface area contributed by atoms with Crippen molar-refractivity contribution in [1.29, 1.82) is 0 Å². The second-order valence-corrected chi connectivity index (χ2v) is 7.98. The molecule has 1 fully saturated rings. The molecule has 0 unspecified atom stereocenters. The van der Waals surface area contributed by atoms with Crippen molar-refractivity contribution in [1.82, 2.24) is 0 Å². The summed E-state index contributed by atoms with van der Waals surface area (Å²) in [5, 5.41) is 2.41. The summed E-state index contributed by atoms with van der Waals surface area (Å²) in [6, 6.07) is 10.6. The van der Waals surface area contributed by atoms with Crippen molar-refractivity contribution in [2.24, 2.45) is 5.92 Å². The minimum absolute atomic E-state index is 0.0408. The number of ether oxygens (including phenoxy) is 1. The number of halogens is 3. The predicted octanol–water partition coefficient (Wildman–Crippen LogP) is 4.64. The highest BCUT2D eigenvalue weighted by Crippen LogP contribution is 2.47. The molecule has 2 aliphatic rings. The van der Waals surface area contributed by atoms with E-state index in [-0.39, 0.29) is 24.3 Å². The van der Waals surface area contributed by atoms with Crippen molar-refractivity contribution in [3.8, 4) is 0 Å². The van der Waals surface area contributed by atoms with Crippen LogP contribution in [-0.4, -0.2) is 17.5 Å². The third-order valence-electron chi connectivity index (χ3n) is 5.99. The van der Waals surface area contributed by atoms with Gasteiger partial charge in [0.1, 0.15) is 11.4 Å². The van der Waals surface area contributed by atoms with Gasteiger partial charge in [0.15, 0.2) is 5.78 Å². The number of carbonyl (C=O) groups is 3. The molecule has 2 aromatic rings. The molecule has 2 aromatic carbocycles. The molecule has 1 aliphatic carbocycles.